The second-order valence-electron chi connectivity index (χ2n) is 5.57. The number of aryl methyl sites for hydroxylation is 1. The monoisotopic (exact) mass is 359 g/mol. The molecule has 2 aliphatic heterocycles. The average Bonchev–Trinajstić information content (AvgIpc) is 2.57. The molecule has 2 saturated heterocycles. The molecule has 98 valence electrons. The number of hydrogen-bond acceptors (Lipinski definition) is 3. The van der Waals surface area contributed by atoms with Gasteiger partial charge in [0.05, 0.1) is 9.26 Å². The number of halogens is 1. The summed E-state index contributed by atoms with van der Waals surface area (Å²) in [5.74, 6) is 1.34. The van der Waals surface area contributed by atoms with E-state index in [1.165, 1.54) is 12.8 Å². The van der Waals surface area contributed by atoms with Gasteiger partial charge in [-0.15, -0.1) is 0 Å². The molecule has 18 heavy (non-hydrogen) atoms. The third kappa shape index (κ3) is 2.01. The normalized spacial score (nSPS) is 31.8. The maximum absolute atomic E-state index is 11.8. The number of rotatable bonds is 1. The lowest BCUT2D eigenvalue weighted by molar-refractivity contribution is 0.158. The van der Waals surface area contributed by atoms with Crippen LogP contribution in [-0.2, 0) is 0 Å². The second kappa shape index (κ2) is 4.59. The number of nitrogens with one attached hydrogen (secondary N) is 1. The van der Waals surface area contributed by atoms with E-state index in [0.717, 1.165) is 24.4 Å². The summed E-state index contributed by atoms with van der Waals surface area (Å²) < 4.78 is 0.715. The fraction of sp³-hybridized carbons (Fsp3) is 0.692. The maximum atomic E-state index is 11.8. The van der Waals surface area contributed by atoms with Gasteiger partial charge in [0.15, 0.2) is 0 Å². The first kappa shape index (κ1) is 12.6. The SMILES string of the molecule is Cc1nc(C2CC3CCC(C2)N3C)[nH]c(=O)c1I. The lowest BCUT2D eigenvalue weighted by atomic mass is 9.90. The molecule has 0 saturated carbocycles. The van der Waals surface area contributed by atoms with Gasteiger partial charge < -0.3 is 9.88 Å². The minimum Gasteiger partial charge on any atom is -0.309 e. The van der Waals surface area contributed by atoms with Gasteiger partial charge in [0, 0.05) is 18.0 Å². The van der Waals surface area contributed by atoms with Crippen LogP contribution in [-0.4, -0.2) is 34.0 Å². The molecule has 5 heteroatoms. The molecule has 0 spiro atoms. The summed E-state index contributed by atoms with van der Waals surface area (Å²) in [5, 5.41) is 0. The van der Waals surface area contributed by atoms with E-state index < -0.39 is 0 Å². The Morgan fingerprint density at radius 2 is 1.94 bits per heavy atom. The molecule has 2 aliphatic rings. The highest BCUT2D eigenvalue weighted by Gasteiger charge is 2.39. The smallest absolute Gasteiger partial charge is 0.264 e. The second-order valence-corrected chi connectivity index (χ2v) is 6.65. The van der Waals surface area contributed by atoms with Crippen molar-refractivity contribution in [1.82, 2.24) is 14.9 Å². The summed E-state index contributed by atoms with van der Waals surface area (Å²) in [6.07, 6.45) is 4.86. The Kier molecular flexibility index (Phi) is 3.21. The number of hydrogen-bond donors (Lipinski definition) is 1. The van der Waals surface area contributed by atoms with Crippen molar-refractivity contribution in [3.05, 3.63) is 25.4 Å². The zero-order chi connectivity index (χ0) is 12.9. The van der Waals surface area contributed by atoms with Crippen LogP contribution in [0.2, 0.25) is 0 Å². The van der Waals surface area contributed by atoms with Gasteiger partial charge in [-0.2, -0.15) is 0 Å². The van der Waals surface area contributed by atoms with Crippen LogP contribution in [0.5, 0.6) is 0 Å². The Morgan fingerprint density at radius 1 is 1.33 bits per heavy atom. The minimum atomic E-state index is 0.0179. The summed E-state index contributed by atoms with van der Waals surface area (Å²) >= 11 is 2.07. The van der Waals surface area contributed by atoms with E-state index >= 15 is 0 Å². The number of aromatic nitrogens is 2. The predicted octanol–water partition coefficient (Wildman–Crippen LogP) is 2.02. The largest absolute Gasteiger partial charge is 0.309 e. The van der Waals surface area contributed by atoms with Crippen LogP contribution in [0.15, 0.2) is 4.79 Å². The van der Waals surface area contributed by atoms with Crippen LogP contribution in [0, 0.1) is 10.5 Å². The molecule has 0 aliphatic carbocycles. The number of H-pyrrole nitrogens is 1. The Bertz CT molecular complexity index is 513. The van der Waals surface area contributed by atoms with Crippen molar-refractivity contribution >= 4 is 22.6 Å². The fourth-order valence-corrected chi connectivity index (χ4v) is 3.68. The number of nitrogens with zero attached hydrogens (tertiary/aromatic N) is 2. The summed E-state index contributed by atoms with van der Waals surface area (Å²) in [5.41, 5.74) is 0.880. The molecule has 1 N–H and O–H groups in total. The van der Waals surface area contributed by atoms with Crippen LogP contribution in [0.1, 0.15) is 43.1 Å². The molecular formula is C13H18IN3O. The molecule has 0 radical (unpaired) electrons. The molecule has 2 atom stereocenters. The van der Waals surface area contributed by atoms with E-state index in [1.54, 1.807) is 0 Å². The Morgan fingerprint density at radius 3 is 2.50 bits per heavy atom. The standard InChI is InChI=1S/C13H18IN3O/c1-7-11(14)13(18)16-12(15-7)8-5-9-3-4-10(6-8)17(9)2/h8-10H,3-6H2,1-2H3,(H,15,16,18). The van der Waals surface area contributed by atoms with E-state index in [1.807, 2.05) is 6.92 Å². The molecule has 0 amide bonds. The third-order valence-electron chi connectivity index (χ3n) is 4.53. The highest BCUT2D eigenvalue weighted by atomic mass is 127. The number of aromatic amines is 1. The van der Waals surface area contributed by atoms with Crippen molar-refractivity contribution in [2.24, 2.45) is 0 Å². The highest BCUT2D eigenvalue weighted by Crippen LogP contribution is 2.40. The van der Waals surface area contributed by atoms with Crippen molar-refractivity contribution < 1.29 is 0 Å². The van der Waals surface area contributed by atoms with Gasteiger partial charge >= 0.3 is 0 Å². The quantitative estimate of drug-likeness (QED) is 0.781. The van der Waals surface area contributed by atoms with Gasteiger partial charge in [-0.3, -0.25) is 4.79 Å². The Balaban J connectivity index is 1.91. The molecule has 3 heterocycles. The van der Waals surface area contributed by atoms with E-state index in [2.05, 4.69) is 44.5 Å². The first-order chi connectivity index (χ1) is 8.56. The molecule has 1 aromatic rings. The summed E-state index contributed by atoms with van der Waals surface area (Å²) in [6.45, 7) is 1.92. The van der Waals surface area contributed by atoms with Crippen molar-refractivity contribution in [2.75, 3.05) is 7.05 Å². The van der Waals surface area contributed by atoms with Gasteiger partial charge in [-0.25, -0.2) is 4.98 Å². The van der Waals surface area contributed by atoms with Crippen molar-refractivity contribution in [1.29, 1.82) is 0 Å². The minimum absolute atomic E-state index is 0.0179. The van der Waals surface area contributed by atoms with Gasteiger partial charge in [0.25, 0.3) is 5.56 Å². The molecule has 1 aromatic heterocycles. The molecule has 2 bridgehead atoms. The molecule has 3 rings (SSSR count). The van der Waals surface area contributed by atoms with Crippen LogP contribution >= 0.6 is 22.6 Å². The predicted molar refractivity (Wildman–Crippen MR) is 78.9 cm³/mol. The highest BCUT2D eigenvalue weighted by molar-refractivity contribution is 14.1. The maximum Gasteiger partial charge on any atom is 0.264 e. The summed E-state index contributed by atoms with van der Waals surface area (Å²) in [7, 11) is 2.23. The topological polar surface area (TPSA) is 49.0 Å². The lowest BCUT2D eigenvalue weighted by Crippen LogP contribution is -2.39. The zero-order valence-corrected chi connectivity index (χ0v) is 12.9. The Hall–Kier alpha value is -0.430. The lowest BCUT2D eigenvalue weighted by Gasteiger charge is -2.35. The fourth-order valence-electron chi connectivity index (χ4n) is 3.42. The first-order valence-electron chi connectivity index (χ1n) is 6.54. The number of piperidine rings is 1. The number of fused-ring (bicyclic) bond motifs is 2. The first-order valence-corrected chi connectivity index (χ1v) is 7.62. The van der Waals surface area contributed by atoms with Gasteiger partial charge in [0.1, 0.15) is 5.82 Å². The van der Waals surface area contributed by atoms with Crippen LogP contribution in [0.3, 0.4) is 0 Å². The van der Waals surface area contributed by atoms with E-state index in [9.17, 15) is 4.79 Å². The zero-order valence-electron chi connectivity index (χ0n) is 10.7. The van der Waals surface area contributed by atoms with Crippen molar-refractivity contribution in [3.63, 3.8) is 0 Å². The van der Waals surface area contributed by atoms with E-state index in [-0.39, 0.29) is 5.56 Å². The van der Waals surface area contributed by atoms with Crippen molar-refractivity contribution in [3.8, 4) is 0 Å². The summed E-state index contributed by atoms with van der Waals surface area (Å²) in [4.78, 5) is 21.9. The van der Waals surface area contributed by atoms with Crippen LogP contribution in [0.4, 0.5) is 0 Å². The van der Waals surface area contributed by atoms with Gasteiger partial charge in [-0.05, 0) is 62.2 Å². The molecule has 4 nitrogen and oxygen atoms in total. The van der Waals surface area contributed by atoms with Gasteiger partial charge in [0.2, 0.25) is 0 Å². The van der Waals surface area contributed by atoms with Crippen LogP contribution in [0.25, 0.3) is 0 Å². The van der Waals surface area contributed by atoms with Crippen LogP contribution < -0.4 is 5.56 Å². The van der Waals surface area contributed by atoms with Gasteiger partial charge in [-0.1, -0.05) is 0 Å². The van der Waals surface area contributed by atoms with E-state index in [4.69, 9.17) is 0 Å². The third-order valence-corrected chi connectivity index (χ3v) is 5.80. The van der Waals surface area contributed by atoms with E-state index in [0.29, 0.717) is 21.6 Å². The Labute approximate surface area is 120 Å². The molecule has 2 fully saturated rings. The average molecular weight is 359 g/mol. The molecule has 0 aromatic carbocycles. The molecular weight excluding hydrogens is 341 g/mol. The molecule has 2 unspecified atom stereocenters. The summed E-state index contributed by atoms with van der Waals surface area (Å²) in [6, 6.07) is 1.36. The van der Waals surface area contributed by atoms with Crippen molar-refractivity contribution in [2.45, 2.75) is 50.6 Å².